The molecule has 1 aromatic carbocycles. The predicted octanol–water partition coefficient (Wildman–Crippen LogP) is 4.01. The van der Waals surface area contributed by atoms with E-state index < -0.39 is 0 Å². The zero-order chi connectivity index (χ0) is 13.7. The van der Waals surface area contributed by atoms with Crippen molar-refractivity contribution in [2.75, 3.05) is 12.3 Å². The summed E-state index contributed by atoms with van der Waals surface area (Å²) in [6.07, 6.45) is 4.13. The van der Waals surface area contributed by atoms with Crippen molar-refractivity contribution in [1.29, 1.82) is 0 Å². The van der Waals surface area contributed by atoms with Gasteiger partial charge >= 0.3 is 0 Å². The number of nitrogens with zero attached hydrogens (tertiary/aromatic N) is 1. The molecule has 0 radical (unpaired) electrons. The minimum Gasteiger partial charge on any atom is -0.490 e. The highest BCUT2D eigenvalue weighted by atomic mass is 79.9. The number of aromatic nitrogens is 1. The van der Waals surface area contributed by atoms with Gasteiger partial charge in [-0.2, -0.15) is 0 Å². The molecule has 0 amide bonds. The van der Waals surface area contributed by atoms with Crippen LogP contribution in [0.25, 0.3) is 0 Å². The minimum absolute atomic E-state index is 0.472. The molecule has 1 heterocycles. The molecule has 2 N–H and O–H groups in total. The van der Waals surface area contributed by atoms with Gasteiger partial charge in [-0.25, -0.2) is 0 Å². The van der Waals surface area contributed by atoms with Gasteiger partial charge in [0.25, 0.3) is 0 Å². The summed E-state index contributed by atoms with van der Waals surface area (Å²) in [7, 11) is 0. The molecule has 2 aromatic rings. The van der Waals surface area contributed by atoms with E-state index >= 15 is 0 Å². The van der Waals surface area contributed by atoms with E-state index in [1.807, 2.05) is 24.3 Å². The third-order valence-electron chi connectivity index (χ3n) is 2.40. The molecule has 19 heavy (non-hydrogen) atoms. The Kier molecular flexibility index (Phi) is 4.63. The molecular formula is C14H15BrN2O2. The Morgan fingerprint density at radius 1 is 1.21 bits per heavy atom. The number of rotatable bonds is 5. The maximum absolute atomic E-state index is 5.86. The average Bonchev–Trinajstić information content (AvgIpc) is 2.42. The predicted molar refractivity (Wildman–Crippen MR) is 78.7 cm³/mol. The molecule has 0 aliphatic rings. The summed E-state index contributed by atoms with van der Waals surface area (Å²) in [5, 5.41) is 0. The van der Waals surface area contributed by atoms with Crippen molar-refractivity contribution in [3.8, 4) is 17.2 Å². The molecule has 0 saturated heterocycles. The minimum atomic E-state index is 0.472. The highest BCUT2D eigenvalue weighted by Crippen LogP contribution is 2.37. The van der Waals surface area contributed by atoms with Crippen molar-refractivity contribution in [2.45, 2.75) is 13.3 Å². The lowest BCUT2D eigenvalue weighted by molar-refractivity contribution is 0.302. The largest absolute Gasteiger partial charge is 0.490 e. The molecule has 0 aliphatic heterocycles. The van der Waals surface area contributed by atoms with Crippen molar-refractivity contribution in [3.63, 3.8) is 0 Å². The second-order valence-corrected chi connectivity index (χ2v) is 4.79. The lowest BCUT2D eigenvalue weighted by atomic mass is 10.3. The van der Waals surface area contributed by atoms with E-state index in [0.29, 0.717) is 34.0 Å². The number of ether oxygens (including phenoxy) is 2. The number of pyridine rings is 1. The van der Waals surface area contributed by atoms with E-state index in [4.69, 9.17) is 15.2 Å². The van der Waals surface area contributed by atoms with Gasteiger partial charge in [-0.15, -0.1) is 0 Å². The fraction of sp³-hybridized carbons (Fsp3) is 0.214. The van der Waals surface area contributed by atoms with Crippen LogP contribution in [0.4, 0.5) is 5.69 Å². The van der Waals surface area contributed by atoms with Crippen LogP contribution in [0.2, 0.25) is 0 Å². The van der Waals surface area contributed by atoms with Gasteiger partial charge in [-0.3, -0.25) is 4.98 Å². The Bertz CT molecular complexity index is 541. The number of benzene rings is 1. The maximum atomic E-state index is 5.86. The van der Waals surface area contributed by atoms with E-state index in [-0.39, 0.29) is 0 Å². The number of anilines is 1. The highest BCUT2D eigenvalue weighted by molar-refractivity contribution is 9.10. The van der Waals surface area contributed by atoms with Crippen LogP contribution in [0.3, 0.4) is 0 Å². The van der Waals surface area contributed by atoms with E-state index in [0.717, 1.165) is 6.42 Å². The SMILES string of the molecule is CCCOc1ccccc1Oc1c(N)cncc1Br. The molecule has 0 unspecified atom stereocenters. The van der Waals surface area contributed by atoms with Crippen LogP contribution >= 0.6 is 15.9 Å². The van der Waals surface area contributed by atoms with Crippen molar-refractivity contribution >= 4 is 21.6 Å². The molecule has 4 nitrogen and oxygen atoms in total. The zero-order valence-corrected chi connectivity index (χ0v) is 12.2. The Hall–Kier alpha value is -1.75. The Morgan fingerprint density at radius 3 is 2.63 bits per heavy atom. The molecule has 2 rings (SSSR count). The first kappa shape index (κ1) is 13.7. The normalized spacial score (nSPS) is 10.2. The zero-order valence-electron chi connectivity index (χ0n) is 10.6. The van der Waals surface area contributed by atoms with Crippen molar-refractivity contribution < 1.29 is 9.47 Å². The summed E-state index contributed by atoms with van der Waals surface area (Å²) in [5.41, 5.74) is 6.33. The second-order valence-electron chi connectivity index (χ2n) is 3.94. The van der Waals surface area contributed by atoms with Crippen LogP contribution in [-0.2, 0) is 0 Å². The highest BCUT2D eigenvalue weighted by Gasteiger charge is 2.11. The summed E-state index contributed by atoms with van der Waals surface area (Å²) in [4.78, 5) is 3.97. The van der Waals surface area contributed by atoms with Gasteiger partial charge in [-0.05, 0) is 34.5 Å². The number of hydrogen-bond donors (Lipinski definition) is 1. The number of nitrogen functional groups attached to an aromatic ring is 1. The number of para-hydroxylation sites is 2. The number of hydrogen-bond acceptors (Lipinski definition) is 4. The number of nitrogens with two attached hydrogens (primary N) is 1. The Balaban J connectivity index is 2.28. The molecule has 5 heteroatoms. The van der Waals surface area contributed by atoms with Crippen molar-refractivity contribution in [1.82, 2.24) is 4.98 Å². The molecule has 0 aliphatic carbocycles. The topological polar surface area (TPSA) is 57.4 Å². The number of halogens is 1. The summed E-state index contributed by atoms with van der Waals surface area (Å²) in [5.74, 6) is 1.88. The van der Waals surface area contributed by atoms with Crippen LogP contribution < -0.4 is 15.2 Å². The van der Waals surface area contributed by atoms with Gasteiger partial charge in [0.15, 0.2) is 17.2 Å². The summed E-state index contributed by atoms with van der Waals surface area (Å²) >= 11 is 3.37. The fourth-order valence-corrected chi connectivity index (χ4v) is 1.95. The average molecular weight is 323 g/mol. The van der Waals surface area contributed by atoms with E-state index in [9.17, 15) is 0 Å². The first-order valence-corrected chi connectivity index (χ1v) is 6.80. The van der Waals surface area contributed by atoms with Crippen molar-refractivity contribution in [2.24, 2.45) is 0 Å². The molecule has 0 saturated carbocycles. The molecule has 100 valence electrons. The maximum Gasteiger partial charge on any atom is 0.169 e. The summed E-state index contributed by atoms with van der Waals surface area (Å²) in [6.45, 7) is 2.70. The Labute approximate surface area is 120 Å². The smallest absolute Gasteiger partial charge is 0.169 e. The summed E-state index contributed by atoms with van der Waals surface area (Å²) < 4.78 is 12.2. The van der Waals surface area contributed by atoms with Gasteiger partial charge in [0.2, 0.25) is 0 Å². The van der Waals surface area contributed by atoms with Crippen LogP contribution in [0, 0.1) is 0 Å². The van der Waals surface area contributed by atoms with Gasteiger partial charge in [0.05, 0.1) is 23.0 Å². The molecule has 0 fully saturated rings. The van der Waals surface area contributed by atoms with Crippen LogP contribution in [-0.4, -0.2) is 11.6 Å². The van der Waals surface area contributed by atoms with Crippen LogP contribution in [0.5, 0.6) is 17.2 Å². The fourth-order valence-electron chi connectivity index (χ4n) is 1.52. The lowest BCUT2D eigenvalue weighted by Gasteiger charge is -2.13. The third kappa shape index (κ3) is 3.38. The van der Waals surface area contributed by atoms with E-state index in [2.05, 4.69) is 27.8 Å². The molecule has 1 aromatic heterocycles. The van der Waals surface area contributed by atoms with Gasteiger partial charge in [0, 0.05) is 6.20 Å². The monoisotopic (exact) mass is 322 g/mol. The van der Waals surface area contributed by atoms with Crippen molar-refractivity contribution in [3.05, 3.63) is 41.1 Å². The second kappa shape index (κ2) is 6.43. The molecule has 0 atom stereocenters. The first-order chi connectivity index (χ1) is 9.22. The molecular weight excluding hydrogens is 308 g/mol. The van der Waals surface area contributed by atoms with Gasteiger partial charge in [-0.1, -0.05) is 19.1 Å². The standard InChI is InChI=1S/C14H15BrN2O2/c1-2-7-18-12-5-3-4-6-13(12)19-14-10(15)8-17-9-11(14)16/h3-6,8-9H,2,7,16H2,1H3. The first-order valence-electron chi connectivity index (χ1n) is 6.01. The van der Waals surface area contributed by atoms with Gasteiger partial charge < -0.3 is 15.2 Å². The quantitative estimate of drug-likeness (QED) is 0.903. The van der Waals surface area contributed by atoms with Gasteiger partial charge in [0.1, 0.15) is 0 Å². The van der Waals surface area contributed by atoms with Crippen LogP contribution in [0.1, 0.15) is 13.3 Å². The summed E-state index contributed by atoms with van der Waals surface area (Å²) in [6, 6.07) is 7.51. The van der Waals surface area contributed by atoms with Crippen LogP contribution in [0.15, 0.2) is 41.1 Å². The third-order valence-corrected chi connectivity index (χ3v) is 2.97. The molecule has 0 spiro atoms. The van der Waals surface area contributed by atoms with E-state index in [1.54, 1.807) is 12.4 Å². The Morgan fingerprint density at radius 2 is 1.95 bits per heavy atom. The lowest BCUT2D eigenvalue weighted by Crippen LogP contribution is -1.99. The molecule has 0 bridgehead atoms. The van der Waals surface area contributed by atoms with E-state index in [1.165, 1.54) is 0 Å².